The smallest absolute Gasteiger partial charge is 0.303 e. The molecular formula is C11H18O3. The molecule has 0 bridgehead atoms. The lowest BCUT2D eigenvalue weighted by molar-refractivity contribution is -0.137. The fourth-order valence-electron chi connectivity index (χ4n) is 2.48. The highest BCUT2D eigenvalue weighted by atomic mass is 16.5. The molecule has 0 spiro atoms. The molecule has 2 atom stereocenters. The first kappa shape index (κ1) is 9.97. The number of hydrogen-bond donors (Lipinski definition) is 1. The predicted octanol–water partition coefficient (Wildman–Crippen LogP) is 2.06. The van der Waals surface area contributed by atoms with Crippen LogP contribution in [0.4, 0.5) is 0 Å². The quantitative estimate of drug-likeness (QED) is 0.735. The summed E-state index contributed by atoms with van der Waals surface area (Å²) in [5, 5.41) is 8.67. The topological polar surface area (TPSA) is 46.5 Å². The van der Waals surface area contributed by atoms with E-state index in [1.54, 1.807) is 0 Å². The Balaban J connectivity index is 1.83. The summed E-state index contributed by atoms with van der Waals surface area (Å²) in [6.07, 6.45) is 6.34. The van der Waals surface area contributed by atoms with Crippen molar-refractivity contribution in [3.05, 3.63) is 0 Å². The summed E-state index contributed by atoms with van der Waals surface area (Å²) in [4.78, 5) is 10.5. The molecule has 0 aromatic heterocycles. The first-order valence-electron chi connectivity index (χ1n) is 5.61. The minimum absolute atomic E-state index is 0.307. The molecule has 2 rings (SSSR count). The summed E-state index contributed by atoms with van der Waals surface area (Å²) in [5.74, 6) is 0.611. The van der Waals surface area contributed by atoms with Gasteiger partial charge in [0.1, 0.15) is 0 Å². The molecule has 80 valence electrons. The van der Waals surface area contributed by atoms with Crippen molar-refractivity contribution in [3.63, 3.8) is 0 Å². The van der Waals surface area contributed by atoms with Crippen LogP contribution in [0.25, 0.3) is 0 Å². The Hall–Kier alpha value is -0.570. The molecule has 1 aliphatic carbocycles. The van der Waals surface area contributed by atoms with Gasteiger partial charge in [-0.15, -0.1) is 0 Å². The van der Waals surface area contributed by atoms with Crippen molar-refractivity contribution in [2.75, 3.05) is 6.61 Å². The van der Waals surface area contributed by atoms with Crippen molar-refractivity contribution in [3.8, 4) is 0 Å². The van der Waals surface area contributed by atoms with Crippen molar-refractivity contribution < 1.29 is 14.6 Å². The van der Waals surface area contributed by atoms with E-state index in [-0.39, 0.29) is 0 Å². The van der Waals surface area contributed by atoms with Crippen LogP contribution in [-0.4, -0.2) is 23.8 Å². The number of ether oxygens (including phenoxy) is 1. The molecule has 0 aromatic carbocycles. The highest BCUT2D eigenvalue weighted by Crippen LogP contribution is 2.43. The summed E-state index contributed by atoms with van der Waals surface area (Å²) in [6.45, 7) is 0.876. The second-order valence-electron chi connectivity index (χ2n) is 4.49. The predicted molar refractivity (Wildman–Crippen MR) is 52.1 cm³/mol. The Bertz CT molecular complexity index is 205. The van der Waals surface area contributed by atoms with Gasteiger partial charge in [0.15, 0.2) is 0 Å². The number of carboxylic acids is 1. The molecule has 1 N–H and O–H groups in total. The largest absolute Gasteiger partial charge is 0.481 e. The molecular weight excluding hydrogens is 180 g/mol. The van der Waals surface area contributed by atoms with Crippen LogP contribution in [0, 0.1) is 11.8 Å². The van der Waals surface area contributed by atoms with Gasteiger partial charge in [-0.25, -0.2) is 0 Å². The Kier molecular flexibility index (Phi) is 3.06. The van der Waals surface area contributed by atoms with Gasteiger partial charge >= 0.3 is 5.97 Å². The van der Waals surface area contributed by atoms with Crippen molar-refractivity contribution >= 4 is 5.97 Å². The van der Waals surface area contributed by atoms with E-state index in [0.29, 0.717) is 18.4 Å². The Labute approximate surface area is 84.4 Å². The molecule has 2 fully saturated rings. The zero-order chi connectivity index (χ0) is 9.97. The van der Waals surface area contributed by atoms with Crippen LogP contribution >= 0.6 is 0 Å². The number of carbonyl (C=O) groups is 1. The van der Waals surface area contributed by atoms with Gasteiger partial charge in [-0.2, -0.15) is 0 Å². The molecule has 0 amide bonds. The third-order valence-electron chi connectivity index (χ3n) is 3.36. The number of aliphatic carboxylic acids is 1. The van der Waals surface area contributed by atoms with Crippen molar-refractivity contribution in [2.24, 2.45) is 11.8 Å². The first-order valence-corrected chi connectivity index (χ1v) is 5.61. The lowest BCUT2D eigenvalue weighted by Crippen LogP contribution is -2.22. The second kappa shape index (κ2) is 4.30. The number of hydrogen-bond acceptors (Lipinski definition) is 2. The molecule has 0 radical (unpaired) electrons. The van der Waals surface area contributed by atoms with Crippen LogP contribution in [0.2, 0.25) is 0 Å². The molecule has 1 heterocycles. The summed E-state index contributed by atoms with van der Waals surface area (Å²) in [5.41, 5.74) is 0. The zero-order valence-corrected chi connectivity index (χ0v) is 8.45. The first-order chi connectivity index (χ1) is 6.77. The van der Waals surface area contributed by atoms with Crippen LogP contribution in [0.5, 0.6) is 0 Å². The van der Waals surface area contributed by atoms with E-state index in [2.05, 4.69) is 0 Å². The fourth-order valence-corrected chi connectivity index (χ4v) is 2.48. The number of carboxylic acid groups (broad SMARTS) is 1. The summed E-state index contributed by atoms with van der Waals surface area (Å²) in [7, 11) is 0. The third-order valence-corrected chi connectivity index (χ3v) is 3.36. The van der Waals surface area contributed by atoms with E-state index >= 15 is 0 Å². The lowest BCUT2D eigenvalue weighted by Gasteiger charge is -2.21. The van der Waals surface area contributed by atoms with Gasteiger partial charge in [0, 0.05) is 13.0 Å². The van der Waals surface area contributed by atoms with Gasteiger partial charge in [-0.3, -0.25) is 4.79 Å². The van der Waals surface area contributed by atoms with E-state index < -0.39 is 5.97 Å². The van der Waals surface area contributed by atoms with Gasteiger partial charge in [0.2, 0.25) is 0 Å². The zero-order valence-electron chi connectivity index (χ0n) is 8.45. The minimum Gasteiger partial charge on any atom is -0.481 e. The van der Waals surface area contributed by atoms with E-state index in [1.807, 2.05) is 0 Å². The molecule has 1 saturated heterocycles. The normalized spacial score (nSPS) is 29.0. The molecule has 2 aliphatic rings. The highest BCUT2D eigenvalue weighted by molar-refractivity contribution is 5.66. The van der Waals surface area contributed by atoms with Gasteiger partial charge in [0.05, 0.1) is 6.10 Å². The van der Waals surface area contributed by atoms with Gasteiger partial charge in [-0.1, -0.05) is 0 Å². The highest BCUT2D eigenvalue weighted by Gasteiger charge is 2.38. The fraction of sp³-hybridized carbons (Fsp3) is 0.909. The maximum absolute atomic E-state index is 10.5. The SMILES string of the molecule is O=C(O)CCC(C1CC1)C1CCCO1. The van der Waals surface area contributed by atoms with Crippen LogP contribution in [0.15, 0.2) is 0 Å². The van der Waals surface area contributed by atoms with E-state index in [0.717, 1.165) is 31.8 Å². The minimum atomic E-state index is -0.673. The van der Waals surface area contributed by atoms with Crippen LogP contribution < -0.4 is 0 Å². The monoisotopic (exact) mass is 198 g/mol. The van der Waals surface area contributed by atoms with Crippen LogP contribution in [0.3, 0.4) is 0 Å². The van der Waals surface area contributed by atoms with Gasteiger partial charge in [-0.05, 0) is 43.9 Å². The average molecular weight is 198 g/mol. The second-order valence-corrected chi connectivity index (χ2v) is 4.49. The Morgan fingerprint density at radius 2 is 2.21 bits per heavy atom. The molecule has 3 nitrogen and oxygen atoms in total. The van der Waals surface area contributed by atoms with Crippen LogP contribution in [-0.2, 0) is 9.53 Å². The summed E-state index contributed by atoms with van der Waals surface area (Å²) >= 11 is 0. The van der Waals surface area contributed by atoms with Crippen molar-refractivity contribution in [1.29, 1.82) is 0 Å². The maximum atomic E-state index is 10.5. The van der Waals surface area contributed by atoms with Gasteiger partial charge < -0.3 is 9.84 Å². The Morgan fingerprint density at radius 1 is 1.43 bits per heavy atom. The van der Waals surface area contributed by atoms with Gasteiger partial charge in [0.25, 0.3) is 0 Å². The molecule has 1 aliphatic heterocycles. The van der Waals surface area contributed by atoms with Crippen molar-refractivity contribution in [1.82, 2.24) is 0 Å². The van der Waals surface area contributed by atoms with E-state index in [1.165, 1.54) is 12.8 Å². The Morgan fingerprint density at radius 3 is 2.71 bits per heavy atom. The number of rotatable bonds is 5. The standard InChI is InChI=1S/C11H18O3/c12-11(13)6-5-9(8-3-4-8)10-2-1-7-14-10/h8-10H,1-7H2,(H,12,13). The van der Waals surface area contributed by atoms with Crippen LogP contribution in [0.1, 0.15) is 38.5 Å². The third kappa shape index (κ3) is 2.47. The maximum Gasteiger partial charge on any atom is 0.303 e. The summed E-state index contributed by atoms with van der Waals surface area (Å²) in [6, 6.07) is 0. The average Bonchev–Trinajstić information content (AvgIpc) is 2.81. The van der Waals surface area contributed by atoms with E-state index in [9.17, 15) is 4.79 Å². The van der Waals surface area contributed by atoms with Crippen molar-refractivity contribution in [2.45, 2.75) is 44.6 Å². The summed E-state index contributed by atoms with van der Waals surface area (Å²) < 4.78 is 5.66. The van der Waals surface area contributed by atoms with E-state index in [4.69, 9.17) is 9.84 Å². The molecule has 0 aromatic rings. The molecule has 3 heteroatoms. The molecule has 2 unspecified atom stereocenters. The molecule has 14 heavy (non-hydrogen) atoms. The molecule has 1 saturated carbocycles. The lowest BCUT2D eigenvalue weighted by atomic mass is 9.90.